The zero-order valence-electron chi connectivity index (χ0n) is 22.0. The molecule has 4 aromatic rings. The van der Waals surface area contributed by atoms with Gasteiger partial charge in [0.25, 0.3) is 0 Å². The normalized spacial score (nSPS) is 17.1. The summed E-state index contributed by atoms with van der Waals surface area (Å²) < 4.78 is 11.3. The van der Waals surface area contributed by atoms with E-state index in [0.717, 1.165) is 24.0 Å². The maximum atomic E-state index is 8.92. The van der Waals surface area contributed by atoms with Gasteiger partial charge in [0.1, 0.15) is 13.2 Å². The van der Waals surface area contributed by atoms with E-state index < -0.39 is 0 Å². The van der Waals surface area contributed by atoms with Crippen LogP contribution in [0.2, 0.25) is 0 Å². The largest absolute Gasteiger partial charge is 0.475 e. The van der Waals surface area contributed by atoms with Crippen LogP contribution in [0.1, 0.15) is 33.4 Å². The molecule has 6 rings (SSSR count). The average Bonchev–Trinajstić information content (AvgIpc) is 3.69. The minimum Gasteiger partial charge on any atom is -0.475 e. The highest BCUT2D eigenvalue weighted by molar-refractivity contribution is 5.96. The molecule has 6 heteroatoms. The summed E-state index contributed by atoms with van der Waals surface area (Å²) in [5, 5.41) is 17.8. The van der Waals surface area contributed by atoms with E-state index in [1.54, 1.807) is 12.1 Å². The van der Waals surface area contributed by atoms with Crippen LogP contribution in [0.15, 0.2) is 119 Å². The molecule has 0 fully saturated rings. The Bertz CT molecular complexity index is 1460. The smallest absolute Gasteiger partial charge is 0.216 e. The van der Waals surface area contributed by atoms with Crippen LogP contribution in [0.4, 0.5) is 0 Å². The molecule has 0 unspecified atom stereocenters. The van der Waals surface area contributed by atoms with E-state index in [9.17, 15) is 0 Å². The number of nitriles is 2. The van der Waals surface area contributed by atoms with Crippen molar-refractivity contribution in [3.63, 3.8) is 0 Å². The lowest BCUT2D eigenvalue weighted by Gasteiger charge is -2.04. The maximum Gasteiger partial charge on any atom is 0.216 e. The van der Waals surface area contributed by atoms with Crippen LogP contribution in [0, 0.1) is 22.7 Å². The Balaban J connectivity index is 0.000000161. The quantitative estimate of drug-likeness (QED) is 0.314. The summed E-state index contributed by atoms with van der Waals surface area (Å²) in [7, 11) is 0. The van der Waals surface area contributed by atoms with Crippen molar-refractivity contribution >= 4 is 11.8 Å². The van der Waals surface area contributed by atoms with Crippen LogP contribution < -0.4 is 0 Å². The summed E-state index contributed by atoms with van der Waals surface area (Å²) in [4.78, 5) is 9.23. The van der Waals surface area contributed by atoms with Crippen LogP contribution in [0.5, 0.6) is 0 Å². The van der Waals surface area contributed by atoms with E-state index in [1.165, 1.54) is 11.1 Å². The highest BCUT2D eigenvalue weighted by Gasteiger charge is 2.21. The fourth-order valence-corrected chi connectivity index (χ4v) is 4.57. The van der Waals surface area contributed by atoms with Gasteiger partial charge in [0.05, 0.1) is 35.3 Å². The molecule has 0 saturated carbocycles. The third-order valence-electron chi connectivity index (χ3n) is 6.53. The van der Waals surface area contributed by atoms with E-state index >= 15 is 0 Å². The zero-order valence-corrected chi connectivity index (χ0v) is 22.0. The van der Waals surface area contributed by atoms with Gasteiger partial charge in [-0.05, 0) is 60.4 Å². The van der Waals surface area contributed by atoms with Crippen molar-refractivity contribution in [2.45, 2.75) is 24.9 Å². The Morgan fingerprint density at radius 1 is 0.575 bits per heavy atom. The van der Waals surface area contributed by atoms with E-state index in [2.05, 4.69) is 46.4 Å². The molecule has 4 aromatic carbocycles. The third kappa shape index (κ3) is 7.01. The summed E-state index contributed by atoms with van der Waals surface area (Å²) >= 11 is 0. The molecule has 0 radical (unpaired) electrons. The van der Waals surface area contributed by atoms with E-state index in [-0.39, 0.29) is 12.1 Å². The number of hydrogen-bond acceptors (Lipinski definition) is 6. The first-order valence-electron chi connectivity index (χ1n) is 13.2. The van der Waals surface area contributed by atoms with Crippen LogP contribution in [-0.4, -0.2) is 37.1 Å². The zero-order chi connectivity index (χ0) is 27.6. The van der Waals surface area contributed by atoms with Gasteiger partial charge in [-0.2, -0.15) is 10.5 Å². The molecule has 0 spiro atoms. The first-order chi connectivity index (χ1) is 19.7. The summed E-state index contributed by atoms with van der Waals surface area (Å²) in [6.07, 6.45) is 1.75. The Morgan fingerprint density at radius 2 is 1.00 bits per heavy atom. The SMILES string of the molecule is N#Cc1cccc(C2=N[C@@H](Cc3ccccc3)CO2)c1.N#Cc1cccc(C2=N[C@@H](Cc3ccccc3)CO2)c1. The highest BCUT2D eigenvalue weighted by Crippen LogP contribution is 2.18. The predicted molar refractivity (Wildman–Crippen MR) is 155 cm³/mol. The Labute approximate surface area is 234 Å². The number of hydrogen-bond donors (Lipinski definition) is 0. The molecule has 2 atom stereocenters. The summed E-state index contributed by atoms with van der Waals surface area (Å²) in [6.45, 7) is 1.20. The van der Waals surface area contributed by atoms with Crippen LogP contribution in [0.3, 0.4) is 0 Å². The molecule has 0 N–H and O–H groups in total. The first kappa shape index (κ1) is 26.4. The van der Waals surface area contributed by atoms with Crippen molar-refractivity contribution in [1.29, 1.82) is 10.5 Å². The standard InChI is InChI=1S/2C17H14N2O/c2*18-11-14-7-4-8-15(9-14)17-19-16(12-20-17)10-13-5-2-1-3-6-13/h2*1-9,16H,10,12H2/t2*16-/m00/s1. The van der Waals surface area contributed by atoms with Crippen molar-refractivity contribution < 1.29 is 9.47 Å². The molecule has 2 aliphatic rings. The van der Waals surface area contributed by atoms with Gasteiger partial charge in [-0.15, -0.1) is 0 Å². The number of rotatable bonds is 6. The minimum absolute atomic E-state index is 0.151. The number of ether oxygens (including phenoxy) is 2. The lowest BCUT2D eigenvalue weighted by Crippen LogP contribution is -2.09. The summed E-state index contributed by atoms with van der Waals surface area (Å²) in [6, 6.07) is 39.8. The molecule has 40 heavy (non-hydrogen) atoms. The second-order valence-corrected chi connectivity index (χ2v) is 9.56. The molecule has 196 valence electrons. The van der Waals surface area contributed by atoms with Crippen LogP contribution >= 0.6 is 0 Å². The van der Waals surface area contributed by atoms with E-state index in [0.29, 0.717) is 36.1 Å². The van der Waals surface area contributed by atoms with Gasteiger partial charge < -0.3 is 9.47 Å². The van der Waals surface area contributed by atoms with Gasteiger partial charge in [-0.1, -0.05) is 72.8 Å². The van der Waals surface area contributed by atoms with Crippen molar-refractivity contribution in [3.05, 3.63) is 143 Å². The fourth-order valence-electron chi connectivity index (χ4n) is 4.57. The molecule has 0 bridgehead atoms. The predicted octanol–water partition coefficient (Wildman–Crippen LogP) is 5.89. The maximum absolute atomic E-state index is 8.92. The molecule has 2 heterocycles. The van der Waals surface area contributed by atoms with Gasteiger partial charge in [0, 0.05) is 11.1 Å². The van der Waals surface area contributed by atoms with Gasteiger partial charge >= 0.3 is 0 Å². The Kier molecular flexibility index (Phi) is 8.61. The van der Waals surface area contributed by atoms with Crippen molar-refractivity contribution in [2.24, 2.45) is 9.98 Å². The molecule has 0 aliphatic carbocycles. The van der Waals surface area contributed by atoms with Gasteiger partial charge in [-0.3, -0.25) is 0 Å². The number of benzene rings is 4. The second kappa shape index (κ2) is 13.0. The van der Waals surface area contributed by atoms with Crippen molar-refractivity contribution in [2.75, 3.05) is 13.2 Å². The molecule has 2 aliphatic heterocycles. The molecule has 0 amide bonds. The van der Waals surface area contributed by atoms with Crippen LogP contribution in [0.25, 0.3) is 0 Å². The van der Waals surface area contributed by atoms with E-state index in [4.69, 9.17) is 20.0 Å². The minimum atomic E-state index is 0.151. The number of nitrogens with zero attached hydrogens (tertiary/aromatic N) is 4. The van der Waals surface area contributed by atoms with Gasteiger partial charge in [-0.25, -0.2) is 9.98 Å². The first-order valence-corrected chi connectivity index (χ1v) is 13.2. The van der Waals surface area contributed by atoms with Crippen molar-refractivity contribution in [1.82, 2.24) is 0 Å². The van der Waals surface area contributed by atoms with Gasteiger partial charge in [0.15, 0.2) is 0 Å². The number of aliphatic imine (C=N–C) groups is 2. The Morgan fingerprint density at radius 3 is 1.40 bits per heavy atom. The Hall–Kier alpha value is -5.20. The highest BCUT2D eigenvalue weighted by atomic mass is 16.5. The summed E-state index contributed by atoms with van der Waals surface area (Å²) in [5.41, 5.74) is 5.52. The molecular formula is C34H28N4O2. The van der Waals surface area contributed by atoms with Gasteiger partial charge in [0.2, 0.25) is 11.8 Å². The second-order valence-electron chi connectivity index (χ2n) is 9.56. The summed E-state index contributed by atoms with van der Waals surface area (Å²) in [5.74, 6) is 1.28. The molecule has 6 nitrogen and oxygen atoms in total. The molecule has 0 saturated heterocycles. The lowest BCUT2D eigenvalue weighted by atomic mass is 10.1. The monoisotopic (exact) mass is 524 g/mol. The van der Waals surface area contributed by atoms with Crippen LogP contribution in [-0.2, 0) is 22.3 Å². The molecule has 0 aromatic heterocycles. The van der Waals surface area contributed by atoms with E-state index in [1.807, 2.05) is 72.8 Å². The topological polar surface area (TPSA) is 90.8 Å². The van der Waals surface area contributed by atoms with Crippen molar-refractivity contribution in [3.8, 4) is 12.1 Å². The average molecular weight is 525 g/mol. The third-order valence-corrected chi connectivity index (χ3v) is 6.53. The molecular weight excluding hydrogens is 496 g/mol. The lowest BCUT2D eigenvalue weighted by molar-refractivity contribution is 0.317. The fraction of sp³-hybridized carbons (Fsp3) is 0.176.